The summed E-state index contributed by atoms with van der Waals surface area (Å²) in [5.41, 5.74) is 0.0999. The SMILES string of the molecule is CCO[C@]1(C(=O)Nc2ccc(OC(C)C)cc2)CCC[C@H](C)C1. The molecule has 1 aliphatic rings. The van der Waals surface area contributed by atoms with Crippen molar-refractivity contribution in [2.75, 3.05) is 11.9 Å². The summed E-state index contributed by atoms with van der Waals surface area (Å²) in [6.45, 7) is 8.68. The fourth-order valence-corrected chi connectivity index (χ4v) is 3.32. The Balaban J connectivity index is 2.06. The van der Waals surface area contributed by atoms with Crippen LogP contribution in [-0.2, 0) is 9.53 Å². The van der Waals surface area contributed by atoms with Crippen molar-refractivity contribution in [3.05, 3.63) is 24.3 Å². The van der Waals surface area contributed by atoms with Crippen LogP contribution >= 0.6 is 0 Å². The lowest BCUT2D eigenvalue weighted by Crippen LogP contribution is -2.48. The van der Waals surface area contributed by atoms with Crippen LogP contribution in [0, 0.1) is 5.92 Å². The van der Waals surface area contributed by atoms with Crippen molar-refractivity contribution in [3.63, 3.8) is 0 Å². The summed E-state index contributed by atoms with van der Waals surface area (Å²) in [7, 11) is 0. The first kappa shape index (κ1) is 17.8. The average Bonchev–Trinajstić information content (AvgIpc) is 2.49. The molecule has 0 bridgehead atoms. The summed E-state index contributed by atoms with van der Waals surface area (Å²) in [5, 5.41) is 3.02. The molecule has 0 aromatic heterocycles. The maximum atomic E-state index is 12.8. The molecule has 0 saturated heterocycles. The normalized spacial score (nSPS) is 24.5. The number of carbonyl (C=O) groups is 1. The molecule has 0 unspecified atom stereocenters. The number of rotatable bonds is 6. The molecule has 4 nitrogen and oxygen atoms in total. The van der Waals surface area contributed by atoms with Gasteiger partial charge in [0.15, 0.2) is 0 Å². The lowest BCUT2D eigenvalue weighted by Gasteiger charge is -2.38. The number of amides is 1. The Labute approximate surface area is 139 Å². The van der Waals surface area contributed by atoms with Crippen LogP contribution in [0.15, 0.2) is 24.3 Å². The van der Waals surface area contributed by atoms with Crippen molar-refractivity contribution in [2.24, 2.45) is 5.92 Å². The van der Waals surface area contributed by atoms with E-state index >= 15 is 0 Å². The molecule has 1 amide bonds. The van der Waals surface area contributed by atoms with Crippen LogP contribution < -0.4 is 10.1 Å². The van der Waals surface area contributed by atoms with Gasteiger partial charge in [0.2, 0.25) is 0 Å². The van der Waals surface area contributed by atoms with Crippen LogP contribution in [0.25, 0.3) is 0 Å². The van der Waals surface area contributed by atoms with Gasteiger partial charge in [0.1, 0.15) is 11.4 Å². The molecule has 128 valence electrons. The van der Waals surface area contributed by atoms with Gasteiger partial charge in [-0.3, -0.25) is 4.79 Å². The van der Waals surface area contributed by atoms with E-state index in [0.29, 0.717) is 12.5 Å². The second kappa shape index (κ2) is 7.82. The van der Waals surface area contributed by atoms with Gasteiger partial charge in [-0.05, 0) is 70.2 Å². The lowest BCUT2D eigenvalue weighted by atomic mass is 9.78. The Morgan fingerprint density at radius 2 is 2.04 bits per heavy atom. The van der Waals surface area contributed by atoms with Crippen molar-refractivity contribution in [2.45, 2.75) is 65.1 Å². The molecule has 1 fully saturated rings. The Bertz CT molecular complexity index is 508. The molecule has 2 atom stereocenters. The standard InChI is InChI=1S/C19H29NO3/c1-5-22-19(12-6-7-15(4)13-19)18(21)20-16-8-10-17(11-9-16)23-14(2)3/h8-11,14-15H,5-7,12-13H2,1-4H3,(H,20,21)/t15-,19+/m0/s1. The summed E-state index contributed by atoms with van der Waals surface area (Å²) in [6.07, 6.45) is 3.94. The van der Waals surface area contributed by atoms with Gasteiger partial charge >= 0.3 is 0 Å². The third-order valence-electron chi connectivity index (χ3n) is 4.27. The van der Waals surface area contributed by atoms with Gasteiger partial charge in [-0.25, -0.2) is 0 Å². The molecule has 1 aliphatic carbocycles. The zero-order valence-electron chi connectivity index (χ0n) is 14.7. The van der Waals surface area contributed by atoms with Crippen LogP contribution in [-0.4, -0.2) is 24.2 Å². The van der Waals surface area contributed by atoms with E-state index < -0.39 is 5.60 Å². The molecule has 0 spiro atoms. The average molecular weight is 319 g/mol. The first-order chi connectivity index (χ1) is 10.9. The molecule has 0 heterocycles. The van der Waals surface area contributed by atoms with Gasteiger partial charge in [0.25, 0.3) is 5.91 Å². The molecule has 1 aromatic carbocycles. The van der Waals surface area contributed by atoms with E-state index in [2.05, 4.69) is 12.2 Å². The van der Waals surface area contributed by atoms with Gasteiger partial charge in [-0.1, -0.05) is 13.3 Å². The van der Waals surface area contributed by atoms with Gasteiger partial charge < -0.3 is 14.8 Å². The Morgan fingerprint density at radius 1 is 1.35 bits per heavy atom. The van der Waals surface area contributed by atoms with Crippen molar-refractivity contribution >= 4 is 11.6 Å². The number of carbonyl (C=O) groups excluding carboxylic acids is 1. The fourth-order valence-electron chi connectivity index (χ4n) is 3.32. The topological polar surface area (TPSA) is 47.6 Å². The predicted octanol–water partition coefficient (Wildman–Crippen LogP) is 4.40. The summed E-state index contributed by atoms with van der Waals surface area (Å²) < 4.78 is 11.5. The third-order valence-corrected chi connectivity index (χ3v) is 4.27. The fraction of sp³-hybridized carbons (Fsp3) is 0.632. The van der Waals surface area contributed by atoms with E-state index in [-0.39, 0.29) is 12.0 Å². The summed E-state index contributed by atoms with van der Waals surface area (Å²) in [6, 6.07) is 7.52. The van der Waals surface area contributed by atoms with Crippen molar-refractivity contribution < 1.29 is 14.3 Å². The Hall–Kier alpha value is -1.55. The molecule has 0 radical (unpaired) electrons. The number of anilines is 1. The number of hydrogen-bond donors (Lipinski definition) is 1. The first-order valence-corrected chi connectivity index (χ1v) is 8.67. The number of nitrogens with one attached hydrogen (secondary N) is 1. The minimum Gasteiger partial charge on any atom is -0.491 e. The monoisotopic (exact) mass is 319 g/mol. The highest BCUT2D eigenvalue weighted by atomic mass is 16.5. The van der Waals surface area contributed by atoms with E-state index in [1.807, 2.05) is 45.0 Å². The van der Waals surface area contributed by atoms with E-state index in [1.165, 1.54) is 6.42 Å². The number of benzene rings is 1. The van der Waals surface area contributed by atoms with E-state index in [1.54, 1.807) is 0 Å². The molecular weight excluding hydrogens is 290 g/mol. The minimum atomic E-state index is -0.681. The van der Waals surface area contributed by atoms with Gasteiger partial charge in [0.05, 0.1) is 6.10 Å². The number of ether oxygens (including phenoxy) is 2. The Kier molecular flexibility index (Phi) is 6.05. The highest BCUT2D eigenvalue weighted by molar-refractivity contribution is 5.97. The molecule has 0 aliphatic heterocycles. The molecule has 2 rings (SSSR count). The van der Waals surface area contributed by atoms with Gasteiger partial charge in [-0.15, -0.1) is 0 Å². The van der Waals surface area contributed by atoms with Crippen molar-refractivity contribution in [1.82, 2.24) is 0 Å². The van der Waals surface area contributed by atoms with Gasteiger partial charge in [-0.2, -0.15) is 0 Å². The highest BCUT2D eigenvalue weighted by Gasteiger charge is 2.42. The van der Waals surface area contributed by atoms with Crippen molar-refractivity contribution in [1.29, 1.82) is 0 Å². The van der Waals surface area contributed by atoms with E-state index in [4.69, 9.17) is 9.47 Å². The van der Waals surface area contributed by atoms with E-state index in [9.17, 15) is 4.79 Å². The molecule has 4 heteroatoms. The lowest BCUT2D eigenvalue weighted by molar-refractivity contribution is -0.147. The first-order valence-electron chi connectivity index (χ1n) is 8.67. The summed E-state index contributed by atoms with van der Waals surface area (Å²) in [4.78, 5) is 12.8. The van der Waals surface area contributed by atoms with Gasteiger partial charge in [0, 0.05) is 12.3 Å². The van der Waals surface area contributed by atoms with Crippen LogP contribution in [0.4, 0.5) is 5.69 Å². The molecule has 1 aromatic rings. The molecule has 1 saturated carbocycles. The maximum absolute atomic E-state index is 12.8. The second-order valence-electron chi connectivity index (χ2n) is 6.77. The molecule has 1 N–H and O–H groups in total. The minimum absolute atomic E-state index is 0.0246. The zero-order valence-corrected chi connectivity index (χ0v) is 14.7. The van der Waals surface area contributed by atoms with Crippen molar-refractivity contribution in [3.8, 4) is 5.75 Å². The maximum Gasteiger partial charge on any atom is 0.256 e. The van der Waals surface area contributed by atoms with Crippen LogP contribution in [0.5, 0.6) is 5.75 Å². The number of hydrogen-bond acceptors (Lipinski definition) is 3. The molecular formula is C19H29NO3. The third kappa shape index (κ3) is 4.71. The van der Waals surface area contributed by atoms with Crippen LogP contribution in [0.1, 0.15) is 53.4 Å². The molecule has 23 heavy (non-hydrogen) atoms. The Morgan fingerprint density at radius 3 is 2.61 bits per heavy atom. The zero-order chi connectivity index (χ0) is 16.9. The summed E-state index contributed by atoms with van der Waals surface area (Å²) in [5.74, 6) is 1.30. The summed E-state index contributed by atoms with van der Waals surface area (Å²) >= 11 is 0. The van der Waals surface area contributed by atoms with Crippen LogP contribution in [0.2, 0.25) is 0 Å². The smallest absolute Gasteiger partial charge is 0.256 e. The van der Waals surface area contributed by atoms with Crippen LogP contribution in [0.3, 0.4) is 0 Å². The highest BCUT2D eigenvalue weighted by Crippen LogP contribution is 2.36. The largest absolute Gasteiger partial charge is 0.491 e. The predicted molar refractivity (Wildman–Crippen MR) is 92.8 cm³/mol. The second-order valence-corrected chi connectivity index (χ2v) is 6.77. The van der Waals surface area contributed by atoms with E-state index in [0.717, 1.165) is 30.7 Å². The quantitative estimate of drug-likeness (QED) is 0.845.